The Morgan fingerprint density at radius 1 is 1.00 bits per heavy atom. The second-order valence-corrected chi connectivity index (χ2v) is 7.78. The summed E-state index contributed by atoms with van der Waals surface area (Å²) in [5.41, 5.74) is 5.27. The third kappa shape index (κ3) is 3.47. The third-order valence-electron chi connectivity index (χ3n) is 5.53. The first kappa shape index (κ1) is 19.8. The van der Waals surface area contributed by atoms with E-state index in [-0.39, 0.29) is 18.4 Å². The highest BCUT2D eigenvalue weighted by Gasteiger charge is 2.41. The van der Waals surface area contributed by atoms with Crippen molar-refractivity contribution in [2.24, 2.45) is 0 Å². The van der Waals surface area contributed by atoms with Gasteiger partial charge < -0.3 is 10.2 Å². The topological polar surface area (TPSA) is 49.4 Å². The normalized spacial score (nSPS) is 15.3. The lowest BCUT2D eigenvalue weighted by molar-refractivity contribution is -0.120. The lowest BCUT2D eigenvalue weighted by atomic mass is 10.0. The zero-order valence-electron chi connectivity index (χ0n) is 17.2. The molecule has 1 heterocycles. The number of carbonyl (C=O) groups excluding carboxylic acids is 2. The fourth-order valence-corrected chi connectivity index (χ4v) is 4.19. The van der Waals surface area contributed by atoms with Crippen molar-refractivity contribution in [2.75, 3.05) is 5.32 Å². The second-order valence-electron chi connectivity index (χ2n) is 7.78. The van der Waals surface area contributed by atoms with Gasteiger partial charge in [0.25, 0.3) is 11.8 Å². The standard InChI is InChI=1S/C25H23FN2O2/c1-15-12-16(2)22(17(3)13-15)27-24(29)23-19-9-5-6-10-20(19)25(30)28(23)14-18-8-4-7-11-21(18)26/h4-13,23H,14H2,1-3H3,(H,27,29). The van der Waals surface area contributed by atoms with Crippen molar-refractivity contribution in [3.63, 3.8) is 0 Å². The highest BCUT2D eigenvalue weighted by atomic mass is 19.1. The van der Waals surface area contributed by atoms with Crippen molar-refractivity contribution < 1.29 is 14.0 Å². The van der Waals surface area contributed by atoms with Crippen LogP contribution in [0.1, 0.15) is 44.2 Å². The number of fused-ring (bicyclic) bond motifs is 1. The Morgan fingerprint density at radius 2 is 1.63 bits per heavy atom. The van der Waals surface area contributed by atoms with Crippen LogP contribution in [-0.4, -0.2) is 16.7 Å². The molecule has 0 radical (unpaired) electrons. The van der Waals surface area contributed by atoms with Crippen LogP contribution in [0.5, 0.6) is 0 Å². The third-order valence-corrected chi connectivity index (χ3v) is 5.53. The molecule has 0 bridgehead atoms. The Morgan fingerprint density at radius 3 is 2.33 bits per heavy atom. The van der Waals surface area contributed by atoms with Crippen molar-refractivity contribution in [3.8, 4) is 0 Å². The van der Waals surface area contributed by atoms with Gasteiger partial charge in [-0.1, -0.05) is 54.1 Å². The zero-order chi connectivity index (χ0) is 21.4. The molecule has 1 aliphatic rings. The summed E-state index contributed by atoms with van der Waals surface area (Å²) in [4.78, 5) is 27.9. The molecule has 4 nitrogen and oxygen atoms in total. The van der Waals surface area contributed by atoms with Gasteiger partial charge >= 0.3 is 0 Å². The van der Waals surface area contributed by atoms with Gasteiger partial charge in [0.2, 0.25) is 0 Å². The smallest absolute Gasteiger partial charge is 0.255 e. The van der Waals surface area contributed by atoms with Crippen LogP contribution in [0.2, 0.25) is 0 Å². The van der Waals surface area contributed by atoms with Gasteiger partial charge in [0.1, 0.15) is 11.9 Å². The predicted molar refractivity (Wildman–Crippen MR) is 115 cm³/mol. The average molecular weight is 402 g/mol. The highest BCUT2D eigenvalue weighted by molar-refractivity contribution is 6.08. The number of anilines is 1. The van der Waals surface area contributed by atoms with Crippen LogP contribution in [0.25, 0.3) is 0 Å². The van der Waals surface area contributed by atoms with Crippen LogP contribution in [-0.2, 0) is 11.3 Å². The van der Waals surface area contributed by atoms with Crippen LogP contribution >= 0.6 is 0 Å². The number of amides is 2. The number of nitrogens with zero attached hydrogens (tertiary/aromatic N) is 1. The van der Waals surface area contributed by atoms with Crippen molar-refractivity contribution in [1.29, 1.82) is 0 Å². The van der Waals surface area contributed by atoms with E-state index in [0.717, 1.165) is 22.4 Å². The van der Waals surface area contributed by atoms with Crippen molar-refractivity contribution in [2.45, 2.75) is 33.4 Å². The molecule has 0 fully saturated rings. The minimum atomic E-state index is -0.826. The Labute approximate surface area is 175 Å². The molecule has 30 heavy (non-hydrogen) atoms. The monoisotopic (exact) mass is 402 g/mol. The first-order valence-corrected chi connectivity index (χ1v) is 9.89. The molecular weight excluding hydrogens is 379 g/mol. The van der Waals surface area contributed by atoms with Gasteiger partial charge in [-0.3, -0.25) is 9.59 Å². The van der Waals surface area contributed by atoms with Gasteiger partial charge in [0.05, 0.1) is 6.54 Å². The maximum atomic E-state index is 14.3. The van der Waals surface area contributed by atoms with E-state index in [2.05, 4.69) is 5.32 Å². The fourth-order valence-electron chi connectivity index (χ4n) is 4.19. The van der Waals surface area contributed by atoms with E-state index in [1.807, 2.05) is 32.9 Å². The minimum Gasteiger partial charge on any atom is -0.323 e. The highest BCUT2D eigenvalue weighted by Crippen LogP contribution is 2.36. The molecule has 5 heteroatoms. The van der Waals surface area contributed by atoms with Crippen LogP contribution in [0.4, 0.5) is 10.1 Å². The van der Waals surface area contributed by atoms with Crippen LogP contribution in [0.3, 0.4) is 0 Å². The molecule has 0 aromatic heterocycles. The molecule has 1 aliphatic heterocycles. The molecule has 0 saturated heterocycles. The molecule has 152 valence electrons. The molecular formula is C25H23FN2O2. The maximum Gasteiger partial charge on any atom is 0.255 e. The summed E-state index contributed by atoms with van der Waals surface area (Å²) in [6, 6.07) is 16.6. The van der Waals surface area contributed by atoms with Crippen molar-refractivity contribution >= 4 is 17.5 Å². The van der Waals surface area contributed by atoms with E-state index >= 15 is 0 Å². The number of hydrogen-bond acceptors (Lipinski definition) is 2. The molecule has 1 unspecified atom stereocenters. The number of aryl methyl sites for hydroxylation is 3. The quantitative estimate of drug-likeness (QED) is 0.661. The van der Waals surface area contributed by atoms with Crippen molar-refractivity contribution in [3.05, 3.63) is 99.9 Å². The van der Waals surface area contributed by atoms with Crippen LogP contribution < -0.4 is 5.32 Å². The molecule has 0 saturated carbocycles. The number of hydrogen-bond donors (Lipinski definition) is 1. The Bertz CT molecular complexity index is 1130. The largest absolute Gasteiger partial charge is 0.323 e. The Hall–Kier alpha value is -3.47. The minimum absolute atomic E-state index is 0.0180. The summed E-state index contributed by atoms with van der Waals surface area (Å²) in [5, 5.41) is 3.01. The molecule has 1 atom stereocenters. The second kappa shape index (κ2) is 7.75. The van der Waals surface area contributed by atoms with Gasteiger partial charge in [0.15, 0.2) is 0 Å². The zero-order valence-corrected chi connectivity index (χ0v) is 17.2. The SMILES string of the molecule is Cc1cc(C)c(NC(=O)C2c3ccccc3C(=O)N2Cc2ccccc2F)c(C)c1. The molecule has 4 rings (SSSR count). The maximum absolute atomic E-state index is 14.3. The van der Waals surface area contributed by atoms with Crippen molar-refractivity contribution in [1.82, 2.24) is 4.90 Å². The summed E-state index contributed by atoms with van der Waals surface area (Å²) >= 11 is 0. The van der Waals surface area contributed by atoms with E-state index in [0.29, 0.717) is 16.7 Å². The Balaban J connectivity index is 1.72. The lowest BCUT2D eigenvalue weighted by Gasteiger charge is -2.25. The Kier molecular flexibility index (Phi) is 5.12. The van der Waals surface area contributed by atoms with Gasteiger partial charge in [0, 0.05) is 16.8 Å². The van der Waals surface area contributed by atoms with E-state index < -0.39 is 11.9 Å². The molecule has 0 spiro atoms. The molecule has 1 N–H and O–H groups in total. The summed E-state index contributed by atoms with van der Waals surface area (Å²) in [6.07, 6.45) is 0. The molecule has 2 amide bonds. The van der Waals surface area contributed by atoms with Crippen LogP contribution in [0.15, 0.2) is 60.7 Å². The fraction of sp³-hybridized carbons (Fsp3) is 0.200. The molecule has 3 aromatic carbocycles. The van der Waals surface area contributed by atoms with E-state index in [1.165, 1.54) is 11.0 Å². The first-order valence-electron chi connectivity index (χ1n) is 9.89. The number of carbonyl (C=O) groups is 2. The predicted octanol–water partition coefficient (Wildman–Crippen LogP) is 5.09. The summed E-state index contributed by atoms with van der Waals surface area (Å²) in [7, 11) is 0. The van der Waals surface area contributed by atoms with Gasteiger partial charge in [-0.25, -0.2) is 4.39 Å². The first-order chi connectivity index (χ1) is 14.4. The number of nitrogens with one attached hydrogen (secondary N) is 1. The van der Waals surface area contributed by atoms with Gasteiger partial charge in [-0.2, -0.15) is 0 Å². The summed E-state index contributed by atoms with van der Waals surface area (Å²) < 4.78 is 14.3. The summed E-state index contributed by atoms with van der Waals surface area (Å²) in [6.45, 7) is 5.92. The number of rotatable bonds is 4. The molecule has 0 aliphatic carbocycles. The van der Waals surface area contributed by atoms with Crippen LogP contribution in [0, 0.1) is 26.6 Å². The molecule has 3 aromatic rings. The number of halogens is 1. The van der Waals surface area contributed by atoms with E-state index in [1.54, 1.807) is 42.5 Å². The average Bonchev–Trinajstić information content (AvgIpc) is 2.98. The summed E-state index contributed by atoms with van der Waals surface area (Å²) in [5.74, 6) is -0.975. The lowest BCUT2D eigenvalue weighted by Crippen LogP contribution is -2.35. The van der Waals surface area contributed by atoms with Gasteiger partial charge in [-0.15, -0.1) is 0 Å². The van der Waals surface area contributed by atoms with E-state index in [4.69, 9.17) is 0 Å². The van der Waals surface area contributed by atoms with Gasteiger partial charge in [-0.05, 0) is 49.6 Å². The van der Waals surface area contributed by atoms with E-state index in [9.17, 15) is 14.0 Å². The number of benzene rings is 3.